The van der Waals surface area contributed by atoms with Gasteiger partial charge in [0.15, 0.2) is 0 Å². The molecule has 0 heterocycles. The first-order valence-electron chi connectivity index (χ1n) is 4.23. The summed E-state index contributed by atoms with van der Waals surface area (Å²) < 4.78 is 0. The van der Waals surface area contributed by atoms with E-state index in [2.05, 4.69) is 0 Å². The molecule has 0 aromatic heterocycles. The second-order valence-corrected chi connectivity index (χ2v) is 2.97. The number of allylic oxidation sites excluding steroid dienone is 1. The van der Waals surface area contributed by atoms with Crippen molar-refractivity contribution < 1.29 is 24.6 Å². The van der Waals surface area contributed by atoms with Crippen molar-refractivity contribution in [2.45, 2.75) is 25.8 Å². The first kappa shape index (κ1) is 13.2. The lowest BCUT2D eigenvalue weighted by molar-refractivity contribution is -0.160. The molecular weight excluding hydrogens is 202 g/mol. The molecule has 0 aromatic rings. The third kappa shape index (κ3) is 3.08. The molecule has 0 bridgehead atoms. The zero-order valence-corrected chi connectivity index (χ0v) is 8.48. The molecule has 0 aliphatic rings. The molecule has 0 fully saturated rings. The minimum atomic E-state index is -2.28. The first-order valence-corrected chi connectivity index (χ1v) is 4.23. The molecule has 0 saturated carbocycles. The zero-order valence-electron chi connectivity index (χ0n) is 8.48. The highest BCUT2D eigenvalue weighted by molar-refractivity contribution is 6.06. The predicted molar refractivity (Wildman–Crippen MR) is 51.3 cm³/mol. The van der Waals surface area contributed by atoms with Gasteiger partial charge in [0.2, 0.25) is 11.4 Å². The Bertz CT molecular complexity index is 294. The molecule has 6 nitrogen and oxygen atoms in total. The van der Waals surface area contributed by atoms with Crippen LogP contribution in [0.25, 0.3) is 0 Å². The summed E-state index contributed by atoms with van der Waals surface area (Å²) in [4.78, 5) is 32.5. The Hall–Kier alpha value is -1.85. The number of hydrogen-bond acceptors (Lipinski definition) is 3. The van der Waals surface area contributed by atoms with Crippen molar-refractivity contribution in [2.75, 3.05) is 0 Å². The van der Waals surface area contributed by atoms with E-state index in [1.54, 1.807) is 6.92 Å². The van der Waals surface area contributed by atoms with E-state index in [0.717, 1.165) is 6.92 Å². The molecule has 0 atom stereocenters. The fourth-order valence-corrected chi connectivity index (χ4v) is 1.02. The Morgan fingerprint density at radius 2 is 1.73 bits per heavy atom. The monoisotopic (exact) mass is 215 g/mol. The van der Waals surface area contributed by atoms with E-state index in [0.29, 0.717) is 0 Å². The molecule has 3 N–H and O–H groups in total. The van der Waals surface area contributed by atoms with Gasteiger partial charge >= 0.3 is 11.9 Å². The van der Waals surface area contributed by atoms with Crippen molar-refractivity contribution >= 4 is 17.8 Å². The van der Waals surface area contributed by atoms with Gasteiger partial charge in [0.1, 0.15) is 0 Å². The smallest absolute Gasteiger partial charge is 0.341 e. The lowest BCUT2D eigenvalue weighted by Gasteiger charge is -2.23. The standard InChI is InChI=1S/C9H13NO5/c1-3-4-5-9(7(12)13,8(14)15)10-6(2)11/h3-4H,5H2,1-2H3,(H,10,11)(H,12,13)(H,14,15)/b4-3+. The Kier molecular flexibility index (Phi) is 4.50. The third-order valence-electron chi connectivity index (χ3n) is 1.78. The van der Waals surface area contributed by atoms with E-state index in [9.17, 15) is 14.4 Å². The highest BCUT2D eigenvalue weighted by atomic mass is 16.4. The van der Waals surface area contributed by atoms with Crippen LogP contribution in [0.5, 0.6) is 0 Å². The number of carboxylic acids is 2. The molecule has 0 aromatic carbocycles. The summed E-state index contributed by atoms with van der Waals surface area (Å²) in [5, 5.41) is 19.6. The fraction of sp³-hybridized carbons (Fsp3) is 0.444. The van der Waals surface area contributed by atoms with Crippen molar-refractivity contribution in [3.63, 3.8) is 0 Å². The normalized spacial score (nSPS) is 11.3. The number of aliphatic carboxylic acids is 2. The Balaban J connectivity index is 5.16. The molecule has 0 aliphatic heterocycles. The molecule has 6 heteroatoms. The molecule has 1 amide bonds. The highest BCUT2D eigenvalue weighted by Gasteiger charge is 2.46. The predicted octanol–water partition coefficient (Wildman–Crippen LogP) is -0.00330. The lowest BCUT2D eigenvalue weighted by Crippen LogP contribution is -2.59. The topological polar surface area (TPSA) is 104 Å². The molecule has 15 heavy (non-hydrogen) atoms. The van der Waals surface area contributed by atoms with Gasteiger partial charge in [0.05, 0.1) is 0 Å². The van der Waals surface area contributed by atoms with E-state index in [1.807, 2.05) is 5.32 Å². The van der Waals surface area contributed by atoms with Gasteiger partial charge in [-0.25, -0.2) is 9.59 Å². The van der Waals surface area contributed by atoms with Gasteiger partial charge in [-0.3, -0.25) is 4.79 Å². The number of rotatable bonds is 5. The second-order valence-electron chi connectivity index (χ2n) is 2.97. The van der Waals surface area contributed by atoms with Crippen LogP contribution in [0.2, 0.25) is 0 Å². The lowest BCUT2D eigenvalue weighted by atomic mass is 9.95. The van der Waals surface area contributed by atoms with E-state index in [1.165, 1.54) is 12.2 Å². The third-order valence-corrected chi connectivity index (χ3v) is 1.78. The zero-order chi connectivity index (χ0) is 12.1. The van der Waals surface area contributed by atoms with Crippen molar-refractivity contribution in [1.82, 2.24) is 5.32 Å². The summed E-state index contributed by atoms with van der Waals surface area (Å²) in [6, 6.07) is 0. The van der Waals surface area contributed by atoms with Gasteiger partial charge in [0.25, 0.3) is 0 Å². The molecule has 0 saturated heterocycles. The van der Waals surface area contributed by atoms with Crippen molar-refractivity contribution in [2.24, 2.45) is 0 Å². The quantitative estimate of drug-likeness (QED) is 0.442. The van der Waals surface area contributed by atoms with Gasteiger partial charge in [-0.05, 0) is 6.92 Å². The summed E-state index contributed by atoms with van der Waals surface area (Å²) in [7, 11) is 0. The van der Waals surface area contributed by atoms with Gasteiger partial charge in [0, 0.05) is 13.3 Å². The summed E-state index contributed by atoms with van der Waals surface area (Å²) in [6.45, 7) is 2.69. The van der Waals surface area contributed by atoms with Crippen LogP contribution in [0.3, 0.4) is 0 Å². The molecule has 0 unspecified atom stereocenters. The summed E-state index contributed by atoms with van der Waals surface area (Å²) in [5.41, 5.74) is -2.28. The number of carbonyl (C=O) groups excluding carboxylic acids is 1. The van der Waals surface area contributed by atoms with Crippen LogP contribution < -0.4 is 5.32 Å². The van der Waals surface area contributed by atoms with Crippen molar-refractivity contribution in [1.29, 1.82) is 0 Å². The maximum atomic E-state index is 10.9. The van der Waals surface area contributed by atoms with E-state index >= 15 is 0 Å². The van der Waals surface area contributed by atoms with E-state index in [4.69, 9.17) is 10.2 Å². The van der Waals surface area contributed by atoms with Crippen LogP contribution >= 0.6 is 0 Å². The first-order chi connectivity index (χ1) is 6.86. The van der Waals surface area contributed by atoms with Gasteiger partial charge < -0.3 is 15.5 Å². The van der Waals surface area contributed by atoms with Crippen molar-refractivity contribution in [3.05, 3.63) is 12.2 Å². The van der Waals surface area contributed by atoms with Crippen LogP contribution in [-0.2, 0) is 14.4 Å². The molecule has 0 rings (SSSR count). The Labute approximate surface area is 86.6 Å². The van der Waals surface area contributed by atoms with Crippen LogP contribution in [0.1, 0.15) is 20.3 Å². The average Bonchev–Trinajstić information content (AvgIpc) is 2.10. The van der Waals surface area contributed by atoms with Gasteiger partial charge in [-0.15, -0.1) is 0 Å². The second kappa shape index (κ2) is 5.14. The Morgan fingerprint density at radius 3 is 2.00 bits per heavy atom. The number of carboxylic acid groups (broad SMARTS) is 2. The molecule has 0 aliphatic carbocycles. The van der Waals surface area contributed by atoms with Crippen LogP contribution in [0, 0.1) is 0 Å². The molecule has 0 radical (unpaired) electrons. The minimum absolute atomic E-state index is 0.298. The van der Waals surface area contributed by atoms with E-state index < -0.39 is 23.4 Å². The summed E-state index contributed by atoms with van der Waals surface area (Å²) >= 11 is 0. The summed E-state index contributed by atoms with van der Waals surface area (Å²) in [6.07, 6.45) is 2.59. The van der Waals surface area contributed by atoms with Gasteiger partial charge in [-0.2, -0.15) is 0 Å². The minimum Gasteiger partial charge on any atom is -0.479 e. The van der Waals surface area contributed by atoms with Gasteiger partial charge in [-0.1, -0.05) is 12.2 Å². The Morgan fingerprint density at radius 1 is 1.27 bits per heavy atom. The number of nitrogens with one attached hydrogen (secondary N) is 1. The molecule has 84 valence electrons. The molecular formula is C9H13NO5. The van der Waals surface area contributed by atoms with Crippen LogP contribution in [0.15, 0.2) is 12.2 Å². The highest BCUT2D eigenvalue weighted by Crippen LogP contribution is 2.12. The van der Waals surface area contributed by atoms with E-state index in [-0.39, 0.29) is 6.42 Å². The summed E-state index contributed by atoms with van der Waals surface area (Å²) in [5.74, 6) is -3.89. The number of hydrogen-bond donors (Lipinski definition) is 3. The number of amides is 1. The maximum Gasteiger partial charge on any atom is 0.341 e. The SMILES string of the molecule is C/C=C/CC(NC(C)=O)(C(=O)O)C(=O)O. The maximum absolute atomic E-state index is 10.9. The van der Waals surface area contributed by atoms with Crippen LogP contribution in [0.4, 0.5) is 0 Å². The molecule has 0 spiro atoms. The van der Waals surface area contributed by atoms with Crippen molar-refractivity contribution in [3.8, 4) is 0 Å². The fourth-order valence-electron chi connectivity index (χ4n) is 1.02. The van der Waals surface area contributed by atoms with Crippen LogP contribution in [-0.4, -0.2) is 33.6 Å². The number of carbonyl (C=O) groups is 3. The average molecular weight is 215 g/mol. The largest absolute Gasteiger partial charge is 0.479 e.